The Hall–Kier alpha value is -1.84. The molecule has 1 heterocycles. The van der Waals surface area contributed by atoms with Crippen LogP contribution in [0.3, 0.4) is 0 Å². The predicted octanol–water partition coefficient (Wildman–Crippen LogP) is 2.53. The largest absolute Gasteiger partial charge is 0.481 e. The van der Waals surface area contributed by atoms with Gasteiger partial charge >= 0.3 is 5.97 Å². The number of carbonyl (C=O) groups is 2. The van der Waals surface area contributed by atoms with Crippen LogP contribution in [0.1, 0.15) is 36.8 Å². The van der Waals surface area contributed by atoms with Crippen LogP contribution in [0.25, 0.3) is 0 Å². The molecule has 4 heteroatoms. The number of carboxylic acid groups (broad SMARTS) is 1. The highest BCUT2D eigenvalue weighted by atomic mass is 16.4. The molecule has 0 spiro atoms. The predicted molar refractivity (Wildman–Crippen MR) is 75.8 cm³/mol. The molecule has 1 aliphatic carbocycles. The third-order valence-electron chi connectivity index (χ3n) is 4.69. The second-order valence-electron chi connectivity index (χ2n) is 6.04. The minimum atomic E-state index is -0.819. The van der Waals surface area contributed by atoms with E-state index < -0.39 is 11.4 Å². The van der Waals surface area contributed by atoms with E-state index in [2.05, 4.69) is 6.07 Å². The lowest BCUT2D eigenvalue weighted by molar-refractivity contribution is -0.157. The van der Waals surface area contributed by atoms with Crippen LogP contribution in [-0.4, -0.2) is 23.5 Å². The maximum atomic E-state index is 12.5. The molecule has 0 unspecified atom stereocenters. The number of aliphatic carboxylic acids is 1. The van der Waals surface area contributed by atoms with Gasteiger partial charge in [-0.15, -0.1) is 0 Å². The minimum Gasteiger partial charge on any atom is -0.481 e. The van der Waals surface area contributed by atoms with E-state index in [0.717, 1.165) is 18.5 Å². The first-order valence-electron chi connectivity index (χ1n) is 7.15. The summed E-state index contributed by atoms with van der Waals surface area (Å²) >= 11 is 0. The Morgan fingerprint density at radius 3 is 2.70 bits per heavy atom. The number of fused-ring (bicyclic) bond motifs is 1. The summed E-state index contributed by atoms with van der Waals surface area (Å²) in [4.78, 5) is 25.6. The van der Waals surface area contributed by atoms with Gasteiger partial charge in [-0.3, -0.25) is 9.59 Å². The number of anilines is 1. The van der Waals surface area contributed by atoms with E-state index >= 15 is 0 Å². The lowest BCUT2D eigenvalue weighted by Gasteiger charge is -2.38. The molecule has 0 saturated heterocycles. The van der Waals surface area contributed by atoms with Gasteiger partial charge in [0.2, 0.25) is 5.91 Å². The number of carboxylic acids is 1. The second kappa shape index (κ2) is 4.62. The second-order valence-corrected chi connectivity index (χ2v) is 6.04. The van der Waals surface area contributed by atoms with Crippen LogP contribution in [-0.2, 0) is 16.0 Å². The lowest BCUT2D eigenvalue weighted by atomic mass is 9.66. The molecule has 1 aliphatic heterocycles. The molecule has 1 fully saturated rings. The van der Waals surface area contributed by atoms with Crippen molar-refractivity contribution in [2.24, 2.45) is 5.41 Å². The van der Waals surface area contributed by atoms with E-state index in [0.29, 0.717) is 19.4 Å². The topological polar surface area (TPSA) is 57.6 Å². The molecule has 0 bridgehead atoms. The van der Waals surface area contributed by atoms with Crippen LogP contribution < -0.4 is 4.90 Å². The van der Waals surface area contributed by atoms with Crippen molar-refractivity contribution < 1.29 is 14.7 Å². The molecule has 3 rings (SSSR count). The highest BCUT2D eigenvalue weighted by Crippen LogP contribution is 2.45. The van der Waals surface area contributed by atoms with Gasteiger partial charge in [-0.2, -0.15) is 0 Å². The minimum absolute atomic E-state index is 0.0466. The van der Waals surface area contributed by atoms with Gasteiger partial charge in [-0.1, -0.05) is 24.1 Å². The monoisotopic (exact) mass is 273 g/mol. The van der Waals surface area contributed by atoms with E-state index in [4.69, 9.17) is 0 Å². The average Bonchev–Trinajstić information content (AvgIpc) is 2.75. The first-order valence-corrected chi connectivity index (χ1v) is 7.15. The summed E-state index contributed by atoms with van der Waals surface area (Å²) in [6.45, 7) is 2.71. The number of nitrogens with zero attached hydrogens (tertiary/aromatic N) is 1. The zero-order valence-electron chi connectivity index (χ0n) is 11.7. The summed E-state index contributed by atoms with van der Waals surface area (Å²) in [5, 5.41) is 9.34. The third kappa shape index (κ3) is 1.99. The van der Waals surface area contributed by atoms with Crippen molar-refractivity contribution in [3.8, 4) is 0 Å². The molecule has 2 aliphatic rings. The summed E-state index contributed by atoms with van der Waals surface area (Å²) in [6, 6.07) is 6.09. The van der Waals surface area contributed by atoms with E-state index in [1.807, 2.05) is 19.1 Å². The van der Waals surface area contributed by atoms with Gasteiger partial charge in [-0.25, -0.2) is 0 Å². The van der Waals surface area contributed by atoms with Crippen LogP contribution >= 0.6 is 0 Å². The molecule has 1 aromatic rings. The Morgan fingerprint density at radius 2 is 2.10 bits per heavy atom. The number of aryl methyl sites for hydroxylation is 1. The fourth-order valence-electron chi connectivity index (χ4n) is 3.24. The Kier molecular flexibility index (Phi) is 3.04. The molecular formula is C16H19NO3. The number of benzene rings is 1. The number of amides is 1. The first kappa shape index (κ1) is 13.2. The molecular weight excluding hydrogens is 254 g/mol. The van der Waals surface area contributed by atoms with Gasteiger partial charge in [0.05, 0.1) is 5.41 Å². The Balaban J connectivity index is 1.79. The first-order chi connectivity index (χ1) is 9.52. The van der Waals surface area contributed by atoms with Gasteiger partial charge in [-0.05, 0) is 37.8 Å². The van der Waals surface area contributed by atoms with Gasteiger partial charge in [0.15, 0.2) is 0 Å². The molecule has 0 atom stereocenters. The van der Waals surface area contributed by atoms with Crippen LogP contribution in [0.5, 0.6) is 0 Å². The summed E-state index contributed by atoms with van der Waals surface area (Å²) in [5.74, 6) is -0.866. The van der Waals surface area contributed by atoms with Crippen LogP contribution in [0, 0.1) is 12.3 Å². The SMILES string of the molecule is Cc1ccc2c(c1)CCN2C(=O)CC1(C(=O)O)CCC1. The number of rotatable bonds is 3. The fourth-order valence-corrected chi connectivity index (χ4v) is 3.24. The van der Waals surface area contributed by atoms with Crippen LogP contribution in [0.15, 0.2) is 18.2 Å². The van der Waals surface area contributed by atoms with Gasteiger partial charge < -0.3 is 10.0 Å². The number of hydrogen-bond acceptors (Lipinski definition) is 2. The average molecular weight is 273 g/mol. The number of hydrogen-bond donors (Lipinski definition) is 1. The normalized spacial score (nSPS) is 19.4. The molecule has 1 aromatic carbocycles. The summed E-state index contributed by atoms with van der Waals surface area (Å²) in [7, 11) is 0. The van der Waals surface area contributed by atoms with Crippen LogP contribution in [0.4, 0.5) is 5.69 Å². The molecule has 1 amide bonds. The summed E-state index contributed by atoms with van der Waals surface area (Å²) < 4.78 is 0. The molecule has 1 saturated carbocycles. The maximum absolute atomic E-state index is 12.5. The van der Waals surface area contributed by atoms with Crippen molar-refractivity contribution in [1.29, 1.82) is 0 Å². The maximum Gasteiger partial charge on any atom is 0.310 e. The van der Waals surface area contributed by atoms with E-state index in [1.165, 1.54) is 11.1 Å². The van der Waals surface area contributed by atoms with E-state index in [1.54, 1.807) is 4.90 Å². The highest BCUT2D eigenvalue weighted by Gasteiger charge is 2.47. The molecule has 1 N–H and O–H groups in total. The van der Waals surface area contributed by atoms with E-state index in [-0.39, 0.29) is 12.3 Å². The summed E-state index contributed by atoms with van der Waals surface area (Å²) in [5.41, 5.74) is 2.54. The molecule has 106 valence electrons. The fraction of sp³-hybridized carbons (Fsp3) is 0.500. The Labute approximate surface area is 118 Å². The quantitative estimate of drug-likeness (QED) is 0.920. The third-order valence-corrected chi connectivity index (χ3v) is 4.69. The van der Waals surface area contributed by atoms with Crippen molar-refractivity contribution in [2.75, 3.05) is 11.4 Å². The highest BCUT2D eigenvalue weighted by molar-refractivity contribution is 5.98. The van der Waals surface area contributed by atoms with Gasteiger partial charge in [0, 0.05) is 18.7 Å². The molecule has 0 radical (unpaired) electrons. The lowest BCUT2D eigenvalue weighted by Crippen LogP contribution is -2.43. The van der Waals surface area contributed by atoms with Gasteiger partial charge in [0.25, 0.3) is 0 Å². The van der Waals surface area contributed by atoms with Gasteiger partial charge in [0.1, 0.15) is 0 Å². The van der Waals surface area contributed by atoms with Crippen molar-refractivity contribution in [3.05, 3.63) is 29.3 Å². The van der Waals surface area contributed by atoms with Crippen molar-refractivity contribution in [2.45, 2.75) is 39.0 Å². The van der Waals surface area contributed by atoms with E-state index in [9.17, 15) is 14.7 Å². The smallest absolute Gasteiger partial charge is 0.310 e. The zero-order valence-corrected chi connectivity index (χ0v) is 11.7. The van der Waals surface area contributed by atoms with Crippen molar-refractivity contribution in [1.82, 2.24) is 0 Å². The Bertz CT molecular complexity index is 575. The molecule has 20 heavy (non-hydrogen) atoms. The van der Waals surface area contributed by atoms with Crippen molar-refractivity contribution >= 4 is 17.6 Å². The molecule has 4 nitrogen and oxygen atoms in total. The number of carbonyl (C=O) groups excluding carboxylic acids is 1. The zero-order chi connectivity index (χ0) is 14.3. The molecule has 0 aromatic heterocycles. The van der Waals surface area contributed by atoms with Crippen molar-refractivity contribution in [3.63, 3.8) is 0 Å². The van der Waals surface area contributed by atoms with Crippen LogP contribution in [0.2, 0.25) is 0 Å². The Morgan fingerprint density at radius 1 is 1.35 bits per heavy atom. The standard InChI is InChI=1S/C16H19NO3/c1-11-3-4-13-12(9-11)5-8-17(13)14(18)10-16(15(19)20)6-2-7-16/h3-4,9H,2,5-8,10H2,1H3,(H,19,20). The summed E-state index contributed by atoms with van der Waals surface area (Å²) in [6.07, 6.45) is 3.17.